The van der Waals surface area contributed by atoms with Crippen LogP contribution in [0, 0.1) is 12.3 Å². The lowest BCUT2D eigenvalue weighted by Crippen LogP contribution is -2.07. The van der Waals surface area contributed by atoms with Gasteiger partial charge in [0, 0.05) is 0 Å². The van der Waals surface area contributed by atoms with Gasteiger partial charge in [-0.2, -0.15) is 0 Å². The van der Waals surface area contributed by atoms with Gasteiger partial charge >= 0.3 is 0 Å². The van der Waals surface area contributed by atoms with E-state index in [1.807, 2.05) is 0 Å². The maximum absolute atomic E-state index is 5.37. The van der Waals surface area contributed by atoms with Crippen molar-refractivity contribution in [2.75, 3.05) is 7.11 Å². The van der Waals surface area contributed by atoms with E-state index in [0.29, 0.717) is 5.41 Å². The number of hydrogen-bond donors (Lipinski definition) is 0. The Labute approximate surface area is 93.5 Å². The van der Waals surface area contributed by atoms with Crippen LogP contribution in [0.15, 0.2) is 18.2 Å². The Morgan fingerprint density at radius 2 is 1.87 bits per heavy atom. The van der Waals surface area contributed by atoms with Crippen molar-refractivity contribution in [2.24, 2.45) is 5.41 Å². The van der Waals surface area contributed by atoms with Gasteiger partial charge in [0.1, 0.15) is 5.75 Å². The normalized spacial score (nSPS) is 11.5. The molecule has 0 aliphatic heterocycles. The van der Waals surface area contributed by atoms with Crippen LogP contribution in [0.25, 0.3) is 0 Å². The molecule has 84 valence electrons. The maximum atomic E-state index is 5.37. The van der Waals surface area contributed by atoms with E-state index < -0.39 is 0 Å². The molecule has 0 fully saturated rings. The molecule has 0 amide bonds. The molecule has 0 aliphatic rings. The van der Waals surface area contributed by atoms with Gasteiger partial charge in [0.2, 0.25) is 0 Å². The third kappa shape index (κ3) is 3.94. The van der Waals surface area contributed by atoms with Crippen molar-refractivity contribution in [3.05, 3.63) is 29.3 Å². The second-order valence-electron chi connectivity index (χ2n) is 5.38. The standard InChI is InChI=1S/C14H22O/c1-11-6-7-13(15-5)12(10-11)8-9-14(2,3)4/h6-7,10H,8-9H2,1-5H3. The average molecular weight is 206 g/mol. The second kappa shape index (κ2) is 4.69. The van der Waals surface area contributed by atoms with Gasteiger partial charge in [-0.3, -0.25) is 0 Å². The Hall–Kier alpha value is -0.980. The summed E-state index contributed by atoms with van der Waals surface area (Å²) in [6, 6.07) is 6.39. The lowest BCUT2D eigenvalue weighted by molar-refractivity contribution is 0.369. The van der Waals surface area contributed by atoms with Crippen molar-refractivity contribution < 1.29 is 4.74 Å². The van der Waals surface area contributed by atoms with Crippen LogP contribution in [0.5, 0.6) is 5.75 Å². The molecule has 0 radical (unpaired) electrons. The molecule has 1 nitrogen and oxygen atoms in total. The predicted octanol–water partition coefficient (Wildman–Crippen LogP) is 3.98. The van der Waals surface area contributed by atoms with E-state index in [2.05, 4.69) is 45.9 Å². The van der Waals surface area contributed by atoms with Crippen molar-refractivity contribution in [3.63, 3.8) is 0 Å². The van der Waals surface area contributed by atoms with Gasteiger partial charge < -0.3 is 4.74 Å². The number of hydrogen-bond acceptors (Lipinski definition) is 1. The Kier molecular flexibility index (Phi) is 3.78. The zero-order chi connectivity index (χ0) is 11.5. The molecular formula is C14H22O. The first kappa shape index (κ1) is 12.1. The molecule has 0 heterocycles. The van der Waals surface area contributed by atoms with E-state index in [0.717, 1.165) is 12.2 Å². The van der Waals surface area contributed by atoms with Gasteiger partial charge in [-0.1, -0.05) is 38.5 Å². The van der Waals surface area contributed by atoms with Crippen LogP contribution in [-0.4, -0.2) is 7.11 Å². The molecular weight excluding hydrogens is 184 g/mol. The molecule has 0 bridgehead atoms. The highest BCUT2D eigenvalue weighted by Crippen LogP contribution is 2.26. The number of rotatable bonds is 3. The minimum atomic E-state index is 0.384. The topological polar surface area (TPSA) is 9.23 Å². The Bertz CT molecular complexity index is 321. The van der Waals surface area contributed by atoms with Crippen molar-refractivity contribution in [1.82, 2.24) is 0 Å². The first-order chi connectivity index (χ1) is 6.92. The van der Waals surface area contributed by atoms with Crippen LogP contribution >= 0.6 is 0 Å². The van der Waals surface area contributed by atoms with E-state index in [9.17, 15) is 0 Å². The van der Waals surface area contributed by atoms with E-state index in [4.69, 9.17) is 4.74 Å². The van der Waals surface area contributed by atoms with Gasteiger partial charge in [0.25, 0.3) is 0 Å². The molecule has 15 heavy (non-hydrogen) atoms. The minimum absolute atomic E-state index is 0.384. The lowest BCUT2D eigenvalue weighted by Gasteiger charge is -2.19. The van der Waals surface area contributed by atoms with Gasteiger partial charge in [0.15, 0.2) is 0 Å². The summed E-state index contributed by atoms with van der Waals surface area (Å²) >= 11 is 0. The SMILES string of the molecule is COc1ccc(C)cc1CCC(C)(C)C. The molecule has 0 atom stereocenters. The molecule has 1 aromatic carbocycles. The monoisotopic (exact) mass is 206 g/mol. The van der Waals surface area contributed by atoms with E-state index in [1.54, 1.807) is 7.11 Å². The predicted molar refractivity (Wildman–Crippen MR) is 65.5 cm³/mol. The number of ether oxygens (including phenoxy) is 1. The summed E-state index contributed by atoms with van der Waals surface area (Å²) < 4.78 is 5.37. The third-order valence-corrected chi connectivity index (χ3v) is 2.58. The maximum Gasteiger partial charge on any atom is 0.122 e. The Balaban J connectivity index is 2.79. The van der Waals surface area contributed by atoms with Gasteiger partial charge in [0.05, 0.1) is 7.11 Å². The molecule has 0 saturated heterocycles. The van der Waals surface area contributed by atoms with Gasteiger partial charge in [-0.25, -0.2) is 0 Å². The second-order valence-corrected chi connectivity index (χ2v) is 5.38. The number of benzene rings is 1. The quantitative estimate of drug-likeness (QED) is 0.726. The van der Waals surface area contributed by atoms with Crippen molar-refractivity contribution in [2.45, 2.75) is 40.5 Å². The van der Waals surface area contributed by atoms with Crippen LogP contribution in [0.2, 0.25) is 0 Å². The third-order valence-electron chi connectivity index (χ3n) is 2.58. The van der Waals surface area contributed by atoms with Crippen LogP contribution < -0.4 is 4.74 Å². The first-order valence-corrected chi connectivity index (χ1v) is 5.56. The average Bonchev–Trinajstić information content (AvgIpc) is 2.14. The van der Waals surface area contributed by atoms with E-state index in [-0.39, 0.29) is 0 Å². The highest BCUT2D eigenvalue weighted by Gasteiger charge is 2.12. The molecule has 1 heteroatoms. The highest BCUT2D eigenvalue weighted by atomic mass is 16.5. The Morgan fingerprint density at radius 3 is 2.40 bits per heavy atom. The summed E-state index contributed by atoms with van der Waals surface area (Å²) in [6.07, 6.45) is 2.28. The zero-order valence-electron chi connectivity index (χ0n) is 10.6. The molecule has 0 N–H and O–H groups in total. The summed E-state index contributed by atoms with van der Waals surface area (Å²) in [5.74, 6) is 1.02. The van der Waals surface area contributed by atoms with Gasteiger partial charge in [-0.15, -0.1) is 0 Å². The summed E-state index contributed by atoms with van der Waals surface area (Å²) in [4.78, 5) is 0. The highest BCUT2D eigenvalue weighted by molar-refractivity contribution is 5.36. The fraction of sp³-hybridized carbons (Fsp3) is 0.571. The summed E-state index contributed by atoms with van der Waals surface area (Å²) in [6.45, 7) is 8.94. The zero-order valence-corrected chi connectivity index (χ0v) is 10.6. The lowest BCUT2D eigenvalue weighted by atomic mass is 9.88. The summed E-state index contributed by atoms with van der Waals surface area (Å²) in [7, 11) is 1.74. The molecule has 0 aromatic heterocycles. The molecule has 1 aromatic rings. The van der Waals surface area contributed by atoms with Crippen LogP contribution in [0.1, 0.15) is 38.3 Å². The molecule has 0 aliphatic carbocycles. The first-order valence-electron chi connectivity index (χ1n) is 5.56. The fourth-order valence-corrected chi connectivity index (χ4v) is 1.61. The smallest absolute Gasteiger partial charge is 0.122 e. The van der Waals surface area contributed by atoms with Crippen LogP contribution in [0.4, 0.5) is 0 Å². The van der Waals surface area contributed by atoms with Crippen molar-refractivity contribution in [1.29, 1.82) is 0 Å². The molecule has 0 saturated carbocycles. The summed E-state index contributed by atoms with van der Waals surface area (Å²) in [5, 5.41) is 0. The Morgan fingerprint density at radius 1 is 1.20 bits per heavy atom. The number of aryl methyl sites for hydroxylation is 2. The fourth-order valence-electron chi connectivity index (χ4n) is 1.61. The summed E-state index contributed by atoms with van der Waals surface area (Å²) in [5.41, 5.74) is 3.02. The van der Waals surface area contributed by atoms with Crippen LogP contribution in [0.3, 0.4) is 0 Å². The minimum Gasteiger partial charge on any atom is -0.496 e. The molecule has 0 spiro atoms. The molecule has 1 rings (SSSR count). The number of methoxy groups -OCH3 is 1. The molecule has 0 unspecified atom stereocenters. The van der Waals surface area contributed by atoms with Crippen molar-refractivity contribution in [3.8, 4) is 5.75 Å². The van der Waals surface area contributed by atoms with E-state index in [1.165, 1.54) is 17.5 Å². The van der Waals surface area contributed by atoms with E-state index >= 15 is 0 Å². The van der Waals surface area contributed by atoms with Gasteiger partial charge in [-0.05, 0) is 36.8 Å². The van der Waals surface area contributed by atoms with Crippen LogP contribution in [-0.2, 0) is 6.42 Å². The van der Waals surface area contributed by atoms with Crippen molar-refractivity contribution >= 4 is 0 Å². The largest absolute Gasteiger partial charge is 0.496 e.